The first-order valence-electron chi connectivity index (χ1n) is 15.6. The zero-order valence-corrected chi connectivity index (χ0v) is 26.0. The number of urea groups is 1. The zero-order chi connectivity index (χ0) is 29.6. The number of hydrogen-bond donors (Lipinski definition) is 3. The number of ether oxygens (including phenoxy) is 2. The molecule has 42 heavy (non-hydrogen) atoms. The van der Waals surface area contributed by atoms with Gasteiger partial charge in [0.05, 0.1) is 24.7 Å². The molecule has 4 aliphatic rings. The van der Waals surface area contributed by atoms with E-state index in [4.69, 9.17) is 9.47 Å². The minimum absolute atomic E-state index is 0.00298. The number of nitrogens with one attached hydrogen (secondary N) is 3. The van der Waals surface area contributed by atoms with Crippen molar-refractivity contribution in [2.24, 2.45) is 17.8 Å². The molecule has 0 heterocycles. The molecular formula is C32H48N4O5S. The number of carbonyl (C=O) groups excluding carboxylic acids is 1. The van der Waals surface area contributed by atoms with E-state index in [-0.39, 0.29) is 29.6 Å². The van der Waals surface area contributed by atoms with Crippen LogP contribution >= 0.6 is 0 Å². The number of nitrogens with zero attached hydrogens (tertiary/aromatic N) is 1. The molecule has 10 heteroatoms. The number of unbranched alkanes of at least 4 members (excludes halogenated alkanes) is 2. The van der Waals surface area contributed by atoms with Crippen LogP contribution in [0.15, 0.2) is 41.3 Å². The predicted molar refractivity (Wildman–Crippen MR) is 166 cm³/mol. The van der Waals surface area contributed by atoms with Crippen molar-refractivity contribution >= 4 is 32.5 Å². The summed E-state index contributed by atoms with van der Waals surface area (Å²) < 4.78 is 39.8. The fourth-order valence-corrected chi connectivity index (χ4v) is 9.03. The average molecular weight is 601 g/mol. The number of rotatable bonds is 16. The first-order valence-corrected chi connectivity index (χ1v) is 17.1. The highest BCUT2D eigenvalue weighted by Gasteiger charge is 2.51. The molecule has 0 saturated heterocycles. The summed E-state index contributed by atoms with van der Waals surface area (Å²) in [5, 5.41) is 8.02. The summed E-state index contributed by atoms with van der Waals surface area (Å²) >= 11 is 0. The first kappa shape index (κ1) is 31.0. The molecule has 0 aromatic heterocycles. The van der Waals surface area contributed by atoms with E-state index in [1.165, 1.54) is 38.5 Å². The van der Waals surface area contributed by atoms with Crippen molar-refractivity contribution in [3.8, 4) is 0 Å². The van der Waals surface area contributed by atoms with Crippen LogP contribution in [0.25, 0.3) is 10.8 Å². The summed E-state index contributed by atoms with van der Waals surface area (Å²) in [5.41, 5.74) is 1.03. The van der Waals surface area contributed by atoms with Crippen LogP contribution in [0.3, 0.4) is 0 Å². The molecule has 0 aliphatic heterocycles. The van der Waals surface area contributed by atoms with Gasteiger partial charge in [0.1, 0.15) is 0 Å². The van der Waals surface area contributed by atoms with E-state index >= 15 is 0 Å². The lowest BCUT2D eigenvalue weighted by molar-refractivity contribution is -0.0135. The lowest BCUT2D eigenvalue weighted by atomic mass is 9.53. The molecule has 0 radical (unpaired) electrons. The van der Waals surface area contributed by atoms with Crippen molar-refractivity contribution in [3.05, 3.63) is 36.4 Å². The molecule has 9 nitrogen and oxygen atoms in total. The maximum Gasteiger partial charge on any atom is 0.315 e. The summed E-state index contributed by atoms with van der Waals surface area (Å²) in [6.07, 6.45) is 10.5. The van der Waals surface area contributed by atoms with E-state index in [0.29, 0.717) is 31.8 Å². The Balaban J connectivity index is 0.882. The monoisotopic (exact) mass is 600 g/mol. The zero-order valence-electron chi connectivity index (χ0n) is 25.2. The quantitative estimate of drug-likeness (QED) is 0.242. The van der Waals surface area contributed by atoms with Crippen LogP contribution in [0.5, 0.6) is 0 Å². The molecule has 2 aromatic carbocycles. The van der Waals surface area contributed by atoms with Gasteiger partial charge in [-0.1, -0.05) is 24.3 Å². The third-order valence-electron chi connectivity index (χ3n) is 9.21. The van der Waals surface area contributed by atoms with E-state index in [0.717, 1.165) is 48.1 Å². The lowest BCUT2D eigenvalue weighted by Crippen LogP contribution is -2.61. The average Bonchev–Trinajstić information content (AvgIpc) is 2.93. The van der Waals surface area contributed by atoms with E-state index in [1.807, 2.05) is 43.3 Å². The molecular weight excluding hydrogens is 552 g/mol. The maximum atomic E-state index is 13.0. The van der Waals surface area contributed by atoms with Gasteiger partial charge in [-0.15, -0.1) is 0 Å². The summed E-state index contributed by atoms with van der Waals surface area (Å²) in [7, 11) is 0.215. The molecule has 0 unspecified atom stereocenters. The Morgan fingerprint density at radius 1 is 0.833 bits per heavy atom. The maximum absolute atomic E-state index is 13.0. The van der Waals surface area contributed by atoms with Gasteiger partial charge in [0.2, 0.25) is 10.0 Å². The van der Waals surface area contributed by atoms with Gasteiger partial charge in [-0.05, 0) is 87.7 Å². The van der Waals surface area contributed by atoms with Gasteiger partial charge >= 0.3 is 6.03 Å². The second-order valence-corrected chi connectivity index (χ2v) is 14.5. The molecule has 0 atom stereocenters. The molecule has 232 valence electrons. The molecule has 2 aromatic rings. The van der Waals surface area contributed by atoms with Gasteiger partial charge in [0.25, 0.3) is 0 Å². The molecule has 6 rings (SSSR count). The highest BCUT2D eigenvalue weighted by atomic mass is 32.2. The van der Waals surface area contributed by atoms with E-state index < -0.39 is 10.0 Å². The number of benzene rings is 2. The smallest absolute Gasteiger partial charge is 0.315 e. The molecule has 3 N–H and O–H groups in total. The Morgan fingerprint density at radius 3 is 2.17 bits per heavy atom. The fourth-order valence-electron chi connectivity index (χ4n) is 7.79. The third kappa shape index (κ3) is 7.75. The first-order chi connectivity index (χ1) is 20.2. The molecule has 4 saturated carbocycles. The Kier molecular flexibility index (Phi) is 10.3. The Bertz CT molecular complexity index is 1280. The molecule has 0 spiro atoms. The normalized spacial score (nSPS) is 24.7. The number of hydrogen-bond acceptors (Lipinski definition) is 6. The summed E-state index contributed by atoms with van der Waals surface area (Å²) in [6.45, 7) is 2.67. The van der Waals surface area contributed by atoms with E-state index in [1.54, 1.807) is 12.1 Å². The van der Waals surface area contributed by atoms with Crippen molar-refractivity contribution in [1.82, 2.24) is 15.4 Å². The van der Waals surface area contributed by atoms with Gasteiger partial charge in [-0.2, -0.15) is 0 Å². The highest BCUT2D eigenvalue weighted by molar-refractivity contribution is 7.89. The lowest BCUT2D eigenvalue weighted by Gasteiger charge is -2.56. The number of anilines is 1. The molecule has 4 bridgehead atoms. The van der Waals surface area contributed by atoms with Crippen molar-refractivity contribution in [2.45, 2.75) is 68.2 Å². The van der Waals surface area contributed by atoms with E-state index in [9.17, 15) is 13.2 Å². The SMILES string of the molecule is CN(C)c1cccc2c(S(=O)(=O)NCCOCCOCCCCCNC(=O)NC34CC5CC(CC(C5)C3)C4)cccc12. The highest BCUT2D eigenvalue weighted by Crippen LogP contribution is 2.55. The van der Waals surface area contributed by atoms with E-state index in [2.05, 4.69) is 15.4 Å². The fraction of sp³-hybridized carbons (Fsp3) is 0.656. The van der Waals surface area contributed by atoms with Crippen LogP contribution < -0.4 is 20.3 Å². The number of amides is 2. The topological polar surface area (TPSA) is 109 Å². The van der Waals surface area contributed by atoms with Crippen LogP contribution in [0.1, 0.15) is 57.8 Å². The minimum atomic E-state index is -3.67. The van der Waals surface area contributed by atoms with Gasteiger partial charge < -0.3 is 25.0 Å². The van der Waals surface area contributed by atoms with Crippen LogP contribution in [-0.4, -0.2) is 73.6 Å². The van der Waals surface area contributed by atoms with Crippen molar-refractivity contribution in [1.29, 1.82) is 0 Å². The number of carbonyl (C=O) groups is 1. The number of sulfonamides is 1. The predicted octanol–water partition coefficient (Wildman–Crippen LogP) is 4.66. The van der Waals surface area contributed by atoms with Gasteiger partial charge in [0, 0.05) is 55.8 Å². The summed E-state index contributed by atoms with van der Waals surface area (Å²) in [5.74, 6) is 2.48. The Morgan fingerprint density at radius 2 is 1.48 bits per heavy atom. The van der Waals surface area contributed by atoms with Crippen LogP contribution in [0.4, 0.5) is 10.5 Å². The van der Waals surface area contributed by atoms with Crippen molar-refractivity contribution < 1.29 is 22.7 Å². The van der Waals surface area contributed by atoms with Crippen molar-refractivity contribution in [2.75, 3.05) is 58.5 Å². The number of fused-ring (bicyclic) bond motifs is 1. The second-order valence-electron chi connectivity index (χ2n) is 12.8. The van der Waals surface area contributed by atoms with Gasteiger partial charge in [-0.25, -0.2) is 17.9 Å². The molecule has 2 amide bonds. The Labute approximate surface area is 251 Å². The van der Waals surface area contributed by atoms with Crippen LogP contribution in [0, 0.1) is 17.8 Å². The minimum Gasteiger partial charge on any atom is -0.379 e. The Hall–Kier alpha value is -2.40. The van der Waals surface area contributed by atoms with Crippen LogP contribution in [0.2, 0.25) is 0 Å². The third-order valence-corrected chi connectivity index (χ3v) is 10.7. The van der Waals surface area contributed by atoms with Gasteiger partial charge in [0.15, 0.2) is 0 Å². The van der Waals surface area contributed by atoms with Crippen LogP contribution in [-0.2, 0) is 19.5 Å². The standard InChI is InChI=1S/C32H48N4O5S/c1-36(2)29-10-6-9-28-27(29)8-7-11-30(28)42(38,39)34-13-15-41-17-16-40-14-5-3-4-12-33-31(37)35-32-21-24-18-25(22-32)20-26(19-24)23-32/h6-11,24-26,34H,3-5,12-23H2,1-2H3,(H2,33,35,37). The largest absolute Gasteiger partial charge is 0.379 e. The summed E-state index contributed by atoms with van der Waals surface area (Å²) in [6, 6.07) is 11.0. The summed E-state index contributed by atoms with van der Waals surface area (Å²) in [4.78, 5) is 14.8. The van der Waals surface area contributed by atoms with Gasteiger partial charge in [-0.3, -0.25) is 0 Å². The molecule has 4 aliphatic carbocycles. The second kappa shape index (κ2) is 13.9. The van der Waals surface area contributed by atoms with Crippen molar-refractivity contribution in [3.63, 3.8) is 0 Å². The molecule has 4 fully saturated rings.